The van der Waals surface area contributed by atoms with Gasteiger partial charge in [0.25, 0.3) is 0 Å². The van der Waals surface area contributed by atoms with Crippen molar-refractivity contribution >= 4 is 12.1 Å². The van der Waals surface area contributed by atoms with Gasteiger partial charge in [-0.25, -0.2) is 0 Å². The van der Waals surface area contributed by atoms with Crippen LogP contribution in [0.2, 0.25) is 0 Å². The Morgan fingerprint density at radius 1 is 1.38 bits per heavy atom. The predicted molar refractivity (Wildman–Crippen MR) is 60.9 cm³/mol. The van der Waals surface area contributed by atoms with E-state index in [-0.39, 0.29) is 11.8 Å². The first-order valence-corrected chi connectivity index (χ1v) is 5.25. The normalized spacial score (nSPS) is 19.9. The Balaban J connectivity index is 2.06. The molecule has 0 amide bonds. The number of nitrogens with zero attached hydrogens (tertiary/aromatic N) is 1. The standard InChI is InChI=1S/C13H13NO2/c15-10-13(16)12-7-4-8-14(12)9-11-5-2-1-3-6-11/h1-7,10,12H,8-9H2. The van der Waals surface area contributed by atoms with Gasteiger partial charge in [0.05, 0.1) is 6.04 Å². The first-order valence-electron chi connectivity index (χ1n) is 5.25. The van der Waals surface area contributed by atoms with E-state index in [0.717, 1.165) is 12.1 Å². The van der Waals surface area contributed by atoms with Crippen molar-refractivity contribution in [1.29, 1.82) is 0 Å². The molecule has 0 radical (unpaired) electrons. The van der Waals surface area contributed by atoms with Crippen LogP contribution in [0.3, 0.4) is 0 Å². The second kappa shape index (κ2) is 4.86. The SMILES string of the molecule is O=CC(=O)C1C=CCN1Cc1ccccc1. The third-order valence-electron chi connectivity index (χ3n) is 2.69. The van der Waals surface area contributed by atoms with Gasteiger partial charge in [0.1, 0.15) is 0 Å². The maximum atomic E-state index is 11.4. The Bertz CT molecular complexity index is 411. The molecule has 1 aliphatic rings. The summed E-state index contributed by atoms with van der Waals surface area (Å²) in [6, 6.07) is 9.55. The van der Waals surface area contributed by atoms with Crippen molar-refractivity contribution in [3.8, 4) is 0 Å². The lowest BCUT2D eigenvalue weighted by atomic mass is 10.1. The molecule has 0 spiro atoms. The number of rotatable bonds is 4. The van der Waals surface area contributed by atoms with Gasteiger partial charge >= 0.3 is 0 Å². The molecule has 0 saturated carbocycles. The summed E-state index contributed by atoms with van der Waals surface area (Å²) in [6.45, 7) is 1.41. The molecule has 0 aromatic heterocycles. The molecule has 1 unspecified atom stereocenters. The summed E-state index contributed by atoms with van der Waals surface area (Å²) in [5.74, 6) is -0.371. The van der Waals surface area contributed by atoms with Crippen LogP contribution in [0.15, 0.2) is 42.5 Å². The Hall–Kier alpha value is -1.74. The van der Waals surface area contributed by atoms with E-state index in [2.05, 4.69) is 0 Å². The molecule has 0 saturated heterocycles. The van der Waals surface area contributed by atoms with Crippen LogP contribution in [0, 0.1) is 0 Å². The van der Waals surface area contributed by atoms with Gasteiger partial charge in [0, 0.05) is 13.1 Å². The molecule has 1 aromatic carbocycles. The summed E-state index contributed by atoms with van der Waals surface area (Å²) in [7, 11) is 0. The average Bonchev–Trinajstić information content (AvgIpc) is 2.77. The number of aldehydes is 1. The monoisotopic (exact) mass is 215 g/mol. The van der Waals surface area contributed by atoms with E-state index in [1.165, 1.54) is 0 Å². The van der Waals surface area contributed by atoms with E-state index in [4.69, 9.17) is 0 Å². The van der Waals surface area contributed by atoms with Gasteiger partial charge in [-0.05, 0) is 5.56 Å². The highest BCUT2D eigenvalue weighted by atomic mass is 16.2. The van der Waals surface area contributed by atoms with Crippen molar-refractivity contribution in [1.82, 2.24) is 4.90 Å². The van der Waals surface area contributed by atoms with Crippen LogP contribution in [0.25, 0.3) is 0 Å². The first kappa shape index (κ1) is 10.8. The zero-order valence-electron chi connectivity index (χ0n) is 8.87. The number of ketones is 1. The highest BCUT2D eigenvalue weighted by Gasteiger charge is 2.25. The van der Waals surface area contributed by atoms with Gasteiger partial charge in [-0.2, -0.15) is 0 Å². The highest BCUT2D eigenvalue weighted by molar-refractivity contribution is 6.28. The molecular formula is C13H13NO2. The first-order chi connectivity index (χ1) is 7.81. The Kier molecular flexibility index (Phi) is 3.27. The molecule has 3 nitrogen and oxygen atoms in total. The topological polar surface area (TPSA) is 37.4 Å². The Morgan fingerprint density at radius 3 is 2.81 bits per heavy atom. The van der Waals surface area contributed by atoms with Crippen LogP contribution in [0.4, 0.5) is 0 Å². The molecule has 1 aromatic rings. The van der Waals surface area contributed by atoms with E-state index in [1.807, 2.05) is 41.3 Å². The fourth-order valence-corrected chi connectivity index (χ4v) is 1.89. The zero-order valence-corrected chi connectivity index (χ0v) is 8.87. The summed E-state index contributed by atoms with van der Waals surface area (Å²) in [5, 5.41) is 0. The van der Waals surface area contributed by atoms with Crippen LogP contribution in [0.5, 0.6) is 0 Å². The van der Waals surface area contributed by atoms with Crippen molar-refractivity contribution in [2.45, 2.75) is 12.6 Å². The highest BCUT2D eigenvalue weighted by Crippen LogP contribution is 2.14. The third kappa shape index (κ3) is 2.25. The van der Waals surface area contributed by atoms with Crippen molar-refractivity contribution < 1.29 is 9.59 Å². The fourth-order valence-electron chi connectivity index (χ4n) is 1.89. The van der Waals surface area contributed by atoms with E-state index >= 15 is 0 Å². The van der Waals surface area contributed by atoms with E-state index in [0.29, 0.717) is 12.8 Å². The van der Waals surface area contributed by atoms with Crippen LogP contribution >= 0.6 is 0 Å². The smallest absolute Gasteiger partial charge is 0.216 e. The van der Waals surface area contributed by atoms with Gasteiger partial charge in [-0.3, -0.25) is 14.5 Å². The van der Waals surface area contributed by atoms with Gasteiger partial charge in [0.2, 0.25) is 5.78 Å². The number of carbonyl (C=O) groups excluding carboxylic acids is 2. The Labute approximate surface area is 94.4 Å². The molecule has 82 valence electrons. The number of hydrogen-bond donors (Lipinski definition) is 0. The summed E-state index contributed by atoms with van der Waals surface area (Å²) < 4.78 is 0. The minimum Gasteiger partial charge on any atom is -0.295 e. The van der Waals surface area contributed by atoms with Crippen LogP contribution in [-0.4, -0.2) is 29.6 Å². The van der Waals surface area contributed by atoms with Crippen molar-refractivity contribution in [2.24, 2.45) is 0 Å². The van der Waals surface area contributed by atoms with Gasteiger partial charge in [-0.1, -0.05) is 42.5 Å². The molecule has 0 fully saturated rings. The number of carbonyl (C=O) groups is 2. The summed E-state index contributed by atoms with van der Waals surface area (Å²) >= 11 is 0. The van der Waals surface area contributed by atoms with Crippen LogP contribution in [0.1, 0.15) is 5.56 Å². The second-order valence-electron chi connectivity index (χ2n) is 3.81. The lowest BCUT2D eigenvalue weighted by Gasteiger charge is -2.21. The molecule has 0 aliphatic carbocycles. The van der Waals surface area contributed by atoms with E-state index < -0.39 is 0 Å². The van der Waals surface area contributed by atoms with Crippen LogP contribution < -0.4 is 0 Å². The van der Waals surface area contributed by atoms with E-state index in [9.17, 15) is 9.59 Å². The number of Topliss-reactive ketones (excluding diaryl/α,β-unsaturated/α-hetero) is 1. The number of hydrogen-bond acceptors (Lipinski definition) is 3. The Morgan fingerprint density at radius 2 is 2.12 bits per heavy atom. The summed E-state index contributed by atoms with van der Waals surface area (Å²) in [5.41, 5.74) is 1.15. The minimum atomic E-state index is -0.377. The predicted octanol–water partition coefficient (Wildman–Crippen LogP) is 1.19. The lowest BCUT2D eigenvalue weighted by Crippen LogP contribution is -2.36. The molecule has 1 aliphatic heterocycles. The fraction of sp³-hybridized carbons (Fsp3) is 0.231. The maximum Gasteiger partial charge on any atom is 0.216 e. The summed E-state index contributed by atoms with van der Waals surface area (Å²) in [4.78, 5) is 23.8. The zero-order chi connectivity index (χ0) is 11.4. The molecular weight excluding hydrogens is 202 g/mol. The van der Waals surface area contributed by atoms with Gasteiger partial charge in [-0.15, -0.1) is 0 Å². The third-order valence-corrected chi connectivity index (χ3v) is 2.69. The molecule has 2 rings (SSSR count). The molecule has 1 atom stereocenters. The molecule has 16 heavy (non-hydrogen) atoms. The lowest BCUT2D eigenvalue weighted by molar-refractivity contribution is -0.132. The van der Waals surface area contributed by atoms with E-state index in [1.54, 1.807) is 6.08 Å². The quantitative estimate of drug-likeness (QED) is 0.430. The average molecular weight is 215 g/mol. The van der Waals surface area contributed by atoms with Crippen molar-refractivity contribution in [3.05, 3.63) is 48.0 Å². The largest absolute Gasteiger partial charge is 0.295 e. The van der Waals surface area contributed by atoms with Crippen molar-refractivity contribution in [3.63, 3.8) is 0 Å². The number of benzene rings is 1. The molecule has 3 heteroatoms. The minimum absolute atomic E-state index is 0.371. The molecule has 0 bridgehead atoms. The summed E-state index contributed by atoms with van der Waals surface area (Å²) in [6.07, 6.45) is 4.12. The second-order valence-corrected chi connectivity index (χ2v) is 3.81. The maximum absolute atomic E-state index is 11.4. The van der Waals surface area contributed by atoms with Crippen LogP contribution in [-0.2, 0) is 16.1 Å². The van der Waals surface area contributed by atoms with Gasteiger partial charge < -0.3 is 0 Å². The van der Waals surface area contributed by atoms with Gasteiger partial charge in [0.15, 0.2) is 6.29 Å². The molecule has 1 heterocycles. The molecule has 0 N–H and O–H groups in total. The van der Waals surface area contributed by atoms with Crippen molar-refractivity contribution in [2.75, 3.05) is 6.54 Å².